The van der Waals surface area contributed by atoms with Crippen LogP contribution in [0.5, 0.6) is 11.5 Å². The Hall–Kier alpha value is -4.38. The van der Waals surface area contributed by atoms with Crippen molar-refractivity contribution in [3.8, 4) is 22.8 Å². The van der Waals surface area contributed by atoms with Gasteiger partial charge in [-0.25, -0.2) is 4.98 Å². The van der Waals surface area contributed by atoms with Crippen LogP contribution in [-0.4, -0.2) is 4.98 Å². The van der Waals surface area contributed by atoms with Gasteiger partial charge < -0.3 is 14.6 Å². The van der Waals surface area contributed by atoms with Crippen LogP contribution in [0.4, 0.5) is 5.13 Å². The smallest absolute Gasteiger partial charge is 0.222 e. The first kappa shape index (κ1) is 24.0. The molecule has 1 aliphatic rings. The highest BCUT2D eigenvalue weighted by molar-refractivity contribution is 7.72. The number of ether oxygens (including phenoxy) is 2. The average molecular weight is 535 g/mol. The zero-order chi connectivity index (χ0) is 25.8. The first-order chi connectivity index (χ1) is 18.6. The van der Waals surface area contributed by atoms with E-state index in [9.17, 15) is 4.57 Å². The summed E-state index contributed by atoms with van der Waals surface area (Å²) in [6.45, 7) is 0. The first-order valence-electron chi connectivity index (χ1n) is 12.0. The number of thiazole rings is 1. The van der Waals surface area contributed by atoms with E-state index < -0.39 is 7.29 Å². The molecule has 1 aromatic heterocycles. The Bertz CT molecular complexity index is 1590. The molecule has 5 nitrogen and oxygen atoms in total. The summed E-state index contributed by atoms with van der Waals surface area (Å²) in [6, 6.07) is 36.8. The van der Waals surface area contributed by atoms with Gasteiger partial charge in [0.25, 0.3) is 0 Å². The number of benzene rings is 4. The molecule has 7 heteroatoms. The van der Waals surface area contributed by atoms with Crippen LogP contribution in [-0.2, 0) is 9.30 Å². The Labute approximate surface area is 225 Å². The number of rotatable bonds is 7. The minimum Gasteiger partial charge on any atom is -0.457 e. The third kappa shape index (κ3) is 5.47. The largest absolute Gasteiger partial charge is 0.457 e. The zero-order valence-electron chi connectivity index (χ0n) is 20.2. The highest BCUT2D eigenvalue weighted by Crippen LogP contribution is 2.56. The van der Waals surface area contributed by atoms with E-state index in [4.69, 9.17) is 14.5 Å². The molecule has 186 valence electrons. The van der Waals surface area contributed by atoms with E-state index in [1.807, 2.05) is 121 Å². The Kier molecular flexibility index (Phi) is 6.65. The van der Waals surface area contributed by atoms with E-state index in [0.717, 1.165) is 33.9 Å². The van der Waals surface area contributed by atoms with Crippen molar-refractivity contribution in [1.29, 1.82) is 0 Å². The summed E-state index contributed by atoms with van der Waals surface area (Å²) in [5, 5.41) is 5.72. The molecule has 0 spiro atoms. The second-order valence-electron chi connectivity index (χ2n) is 8.62. The van der Waals surface area contributed by atoms with Gasteiger partial charge in [-0.05, 0) is 36.4 Å². The third-order valence-corrected chi connectivity index (χ3v) is 8.56. The lowest BCUT2D eigenvalue weighted by atomic mass is 10.2. The van der Waals surface area contributed by atoms with Gasteiger partial charge >= 0.3 is 0 Å². The van der Waals surface area contributed by atoms with Crippen molar-refractivity contribution in [3.63, 3.8) is 0 Å². The van der Waals surface area contributed by atoms with Gasteiger partial charge in [0.05, 0.1) is 5.69 Å². The van der Waals surface area contributed by atoms with Crippen LogP contribution in [0.2, 0.25) is 0 Å². The second kappa shape index (κ2) is 10.5. The Morgan fingerprint density at radius 3 is 1.76 bits per heavy atom. The van der Waals surface area contributed by atoms with Crippen LogP contribution in [0, 0.1) is 0 Å². The van der Waals surface area contributed by atoms with Crippen molar-refractivity contribution in [2.75, 3.05) is 5.09 Å². The fourth-order valence-electron chi connectivity index (χ4n) is 4.02. The van der Waals surface area contributed by atoms with E-state index in [0.29, 0.717) is 16.6 Å². The number of nitrogens with one attached hydrogen (secondary N) is 1. The molecule has 0 amide bonds. The quantitative estimate of drug-likeness (QED) is 0.211. The standard InChI is InChI=1S/C31H23N2O3PS/c34-37(20-29(24-10-4-1-5-11-24)36-30(21-37)25-12-6-2-7-13-25)33-31-32-28(22-38-31)23-16-18-27(19-17-23)35-26-14-8-3-9-15-26/h1-22H,(H,32,33,34). The van der Waals surface area contributed by atoms with Gasteiger partial charge in [0.1, 0.15) is 23.0 Å². The van der Waals surface area contributed by atoms with E-state index >= 15 is 0 Å². The fraction of sp³-hybridized carbons (Fsp3) is 0. The number of anilines is 1. The molecule has 5 aromatic rings. The van der Waals surface area contributed by atoms with Gasteiger partial charge in [0.2, 0.25) is 7.29 Å². The molecule has 0 saturated heterocycles. The van der Waals surface area contributed by atoms with E-state index in [1.54, 1.807) is 11.6 Å². The maximum atomic E-state index is 14.1. The summed E-state index contributed by atoms with van der Waals surface area (Å²) >= 11 is 1.41. The lowest BCUT2D eigenvalue weighted by Crippen LogP contribution is -2.03. The summed E-state index contributed by atoms with van der Waals surface area (Å²) in [5.74, 6) is 5.98. The number of hydrogen-bond acceptors (Lipinski definition) is 5. The molecule has 0 radical (unpaired) electrons. The predicted molar refractivity (Wildman–Crippen MR) is 155 cm³/mol. The summed E-state index contributed by atoms with van der Waals surface area (Å²) in [6.07, 6.45) is 0. The summed E-state index contributed by atoms with van der Waals surface area (Å²) in [5.41, 5.74) is 3.45. The highest BCUT2D eigenvalue weighted by atomic mass is 32.1. The molecule has 0 atom stereocenters. The molecule has 4 aromatic carbocycles. The zero-order valence-corrected chi connectivity index (χ0v) is 21.9. The van der Waals surface area contributed by atoms with E-state index in [2.05, 4.69) is 5.09 Å². The van der Waals surface area contributed by atoms with Crippen molar-refractivity contribution >= 4 is 35.3 Å². The van der Waals surface area contributed by atoms with Crippen molar-refractivity contribution in [1.82, 2.24) is 4.98 Å². The molecular weight excluding hydrogens is 511 g/mol. The molecule has 2 heterocycles. The molecule has 38 heavy (non-hydrogen) atoms. The maximum absolute atomic E-state index is 14.1. The van der Waals surface area contributed by atoms with Gasteiger partial charge in [-0.15, -0.1) is 11.3 Å². The second-order valence-corrected chi connectivity index (χ2v) is 11.6. The van der Waals surface area contributed by atoms with Crippen LogP contribution in [0.3, 0.4) is 0 Å². The normalized spacial score (nSPS) is 14.1. The van der Waals surface area contributed by atoms with E-state index in [-0.39, 0.29) is 0 Å². The van der Waals surface area contributed by atoms with Crippen molar-refractivity contribution in [3.05, 3.63) is 143 Å². The molecule has 6 rings (SSSR count). The van der Waals surface area contributed by atoms with Crippen molar-refractivity contribution < 1.29 is 14.0 Å². The monoisotopic (exact) mass is 534 g/mol. The van der Waals surface area contributed by atoms with Gasteiger partial charge in [-0.1, -0.05) is 78.9 Å². The number of nitrogens with zero attached hydrogens (tertiary/aromatic N) is 1. The van der Waals surface area contributed by atoms with Crippen LogP contribution >= 0.6 is 18.6 Å². The number of hydrogen-bond donors (Lipinski definition) is 1. The topological polar surface area (TPSA) is 60.5 Å². The summed E-state index contributed by atoms with van der Waals surface area (Å²) in [4.78, 5) is 4.72. The lowest BCUT2D eigenvalue weighted by molar-refractivity contribution is 0.469. The van der Waals surface area contributed by atoms with Crippen LogP contribution in [0.1, 0.15) is 11.1 Å². The highest BCUT2D eigenvalue weighted by Gasteiger charge is 2.28. The van der Waals surface area contributed by atoms with E-state index in [1.165, 1.54) is 11.3 Å². The summed E-state index contributed by atoms with van der Waals surface area (Å²) in [7, 11) is -3.17. The van der Waals surface area contributed by atoms with Crippen LogP contribution in [0.25, 0.3) is 22.8 Å². The average Bonchev–Trinajstić information content (AvgIpc) is 3.42. The molecule has 1 aliphatic heterocycles. The summed E-state index contributed by atoms with van der Waals surface area (Å²) < 4.78 is 26.2. The fourth-order valence-corrected chi connectivity index (χ4v) is 6.87. The van der Waals surface area contributed by atoms with Gasteiger partial charge in [-0.2, -0.15) is 0 Å². The van der Waals surface area contributed by atoms with Crippen LogP contribution < -0.4 is 9.82 Å². The molecular formula is C31H23N2O3PS. The third-order valence-electron chi connectivity index (χ3n) is 5.86. The lowest BCUT2D eigenvalue weighted by Gasteiger charge is -2.23. The van der Waals surface area contributed by atoms with Crippen molar-refractivity contribution in [2.45, 2.75) is 0 Å². The molecule has 0 aliphatic carbocycles. The maximum Gasteiger partial charge on any atom is 0.222 e. The SMILES string of the molecule is O=P1(Nc2nc(-c3ccc(Oc4ccccc4)cc3)cs2)C=C(c2ccccc2)OC(c2ccccc2)=C1. The van der Waals surface area contributed by atoms with Gasteiger partial charge in [0, 0.05) is 33.7 Å². The minimum absolute atomic E-state index is 0.550. The van der Waals surface area contributed by atoms with Crippen molar-refractivity contribution in [2.24, 2.45) is 0 Å². The Morgan fingerprint density at radius 2 is 1.18 bits per heavy atom. The number of aromatic nitrogens is 1. The van der Waals surface area contributed by atoms with Gasteiger partial charge in [0.15, 0.2) is 5.13 Å². The number of para-hydroxylation sites is 1. The van der Waals surface area contributed by atoms with Crippen LogP contribution in [0.15, 0.2) is 132 Å². The Morgan fingerprint density at radius 1 is 0.658 bits per heavy atom. The molecule has 0 bridgehead atoms. The molecule has 1 N–H and O–H groups in total. The Balaban J connectivity index is 1.25. The molecule has 0 saturated carbocycles. The predicted octanol–water partition coefficient (Wildman–Crippen LogP) is 9.32. The molecule has 0 fully saturated rings. The molecule has 0 unspecified atom stereocenters. The van der Waals surface area contributed by atoms with Gasteiger partial charge in [-0.3, -0.25) is 4.57 Å². The first-order valence-corrected chi connectivity index (χ1v) is 14.8. The minimum atomic E-state index is -3.17.